The fourth-order valence-corrected chi connectivity index (χ4v) is 3.81. The average molecular weight is 423 g/mol. The van der Waals surface area contributed by atoms with Crippen molar-refractivity contribution in [2.45, 2.75) is 18.6 Å². The minimum Gasteiger partial charge on any atom is -0.508 e. The first-order chi connectivity index (χ1) is 14.6. The van der Waals surface area contributed by atoms with Gasteiger partial charge in [0.25, 0.3) is 0 Å². The molecule has 2 unspecified atom stereocenters. The summed E-state index contributed by atoms with van der Waals surface area (Å²) in [5, 5.41) is 14.6. The Hall–Kier alpha value is -3.02. The van der Waals surface area contributed by atoms with E-state index < -0.39 is 0 Å². The number of rotatable bonds is 5. The van der Waals surface area contributed by atoms with E-state index in [2.05, 4.69) is 5.32 Å². The van der Waals surface area contributed by atoms with E-state index in [4.69, 9.17) is 26.1 Å². The molecule has 0 bridgehead atoms. The minimum atomic E-state index is -0.273. The molecule has 5 nitrogen and oxygen atoms in total. The first-order valence-corrected chi connectivity index (χ1v) is 10.0. The van der Waals surface area contributed by atoms with Crippen molar-refractivity contribution in [1.82, 2.24) is 5.32 Å². The van der Waals surface area contributed by atoms with Crippen LogP contribution in [0.5, 0.6) is 17.2 Å². The second-order valence-electron chi connectivity index (χ2n) is 7.11. The van der Waals surface area contributed by atoms with Crippen LogP contribution < -0.4 is 14.8 Å². The molecule has 3 aromatic carbocycles. The van der Waals surface area contributed by atoms with E-state index in [1.807, 2.05) is 48.5 Å². The van der Waals surface area contributed by atoms with Gasteiger partial charge in [-0.05, 0) is 65.7 Å². The van der Waals surface area contributed by atoms with Crippen molar-refractivity contribution in [2.24, 2.45) is 4.99 Å². The van der Waals surface area contributed by atoms with Crippen molar-refractivity contribution in [3.8, 4) is 17.2 Å². The third-order valence-corrected chi connectivity index (χ3v) is 5.50. The average Bonchev–Trinajstić information content (AvgIpc) is 2.80. The van der Waals surface area contributed by atoms with Crippen molar-refractivity contribution in [1.29, 1.82) is 0 Å². The lowest BCUT2D eigenvalue weighted by molar-refractivity contribution is 0.408. The molecule has 0 fully saturated rings. The van der Waals surface area contributed by atoms with Crippen LogP contribution in [0.3, 0.4) is 0 Å². The summed E-state index contributed by atoms with van der Waals surface area (Å²) in [5.41, 5.74) is 3.72. The topological polar surface area (TPSA) is 63.1 Å². The molecular formula is C24H23ClN2O3. The maximum Gasteiger partial charge on any atom is 0.126 e. The maximum atomic E-state index is 10.5. The quantitative estimate of drug-likeness (QED) is 0.586. The fraction of sp³-hybridized carbons (Fsp3) is 0.208. The first kappa shape index (κ1) is 20.3. The summed E-state index contributed by atoms with van der Waals surface area (Å²) >= 11 is 6.21. The molecule has 1 aliphatic rings. The molecule has 1 aliphatic heterocycles. The Bertz CT molecular complexity index is 1050. The molecule has 2 N–H and O–H groups in total. The minimum absolute atomic E-state index is 0.148. The molecule has 0 aromatic heterocycles. The fourth-order valence-electron chi connectivity index (χ4n) is 3.63. The second kappa shape index (κ2) is 8.78. The van der Waals surface area contributed by atoms with Gasteiger partial charge in [-0.25, -0.2) is 0 Å². The molecule has 3 aromatic rings. The number of nitrogens with one attached hydrogen (secondary N) is 1. The highest BCUT2D eigenvalue weighted by atomic mass is 35.5. The lowest BCUT2D eigenvalue weighted by Gasteiger charge is -2.31. The highest BCUT2D eigenvalue weighted by Crippen LogP contribution is 2.36. The summed E-state index contributed by atoms with van der Waals surface area (Å²) in [7, 11) is 3.29. The molecule has 0 saturated heterocycles. The van der Waals surface area contributed by atoms with Gasteiger partial charge in [0, 0.05) is 28.8 Å². The number of phenolic OH excluding ortho intramolecular Hbond substituents is 1. The molecule has 0 saturated carbocycles. The van der Waals surface area contributed by atoms with Gasteiger partial charge in [-0.15, -0.1) is 0 Å². The zero-order valence-electron chi connectivity index (χ0n) is 16.8. The van der Waals surface area contributed by atoms with Crippen molar-refractivity contribution < 1.29 is 14.6 Å². The van der Waals surface area contributed by atoms with Gasteiger partial charge in [0.15, 0.2) is 0 Å². The molecule has 4 rings (SSSR count). The predicted molar refractivity (Wildman–Crippen MR) is 119 cm³/mol. The summed E-state index contributed by atoms with van der Waals surface area (Å²) in [6.07, 6.45) is 0.345. The van der Waals surface area contributed by atoms with Crippen LogP contribution in [0.15, 0.2) is 71.7 Å². The smallest absolute Gasteiger partial charge is 0.126 e. The molecule has 0 aliphatic carbocycles. The summed E-state index contributed by atoms with van der Waals surface area (Å²) < 4.78 is 10.5. The Labute approximate surface area is 180 Å². The first-order valence-electron chi connectivity index (χ1n) is 9.67. The van der Waals surface area contributed by atoms with E-state index in [1.54, 1.807) is 32.4 Å². The molecule has 30 heavy (non-hydrogen) atoms. The number of ether oxygens (including phenoxy) is 2. The van der Waals surface area contributed by atoms with Crippen molar-refractivity contribution in [3.05, 3.63) is 88.4 Å². The molecular weight excluding hydrogens is 400 g/mol. The Morgan fingerprint density at radius 3 is 2.20 bits per heavy atom. The maximum absolute atomic E-state index is 10.5. The summed E-state index contributed by atoms with van der Waals surface area (Å²) in [5.74, 6) is 1.79. The Balaban J connectivity index is 1.73. The van der Waals surface area contributed by atoms with Gasteiger partial charge in [-0.1, -0.05) is 23.7 Å². The SMILES string of the molecule is COc1ccc(C2=NC(c3ccc(OC)cc3)NC(c3cc(Cl)ccc3O)C2)cc1. The zero-order valence-corrected chi connectivity index (χ0v) is 17.6. The standard InChI is InChI=1S/C24H23ClN2O3/c1-29-18-8-3-15(4-9-18)21-14-22(20-13-17(25)7-12-23(20)28)27-24(26-21)16-5-10-19(30-2)11-6-16/h3-13,22,24,27-28H,14H2,1-2H3. The number of hydrogen-bond donors (Lipinski definition) is 2. The van der Waals surface area contributed by atoms with Gasteiger partial charge in [-0.2, -0.15) is 0 Å². The van der Waals surface area contributed by atoms with Crippen LogP contribution in [0.1, 0.15) is 35.3 Å². The number of halogens is 1. The molecule has 1 heterocycles. The zero-order chi connectivity index (χ0) is 21.1. The molecule has 6 heteroatoms. The van der Waals surface area contributed by atoms with E-state index >= 15 is 0 Å². The summed E-state index contributed by atoms with van der Waals surface area (Å²) in [6.45, 7) is 0. The van der Waals surface area contributed by atoms with Gasteiger partial charge in [0.1, 0.15) is 23.4 Å². The highest BCUT2D eigenvalue weighted by molar-refractivity contribution is 6.30. The van der Waals surface area contributed by atoms with Gasteiger partial charge in [-0.3, -0.25) is 10.3 Å². The summed E-state index contributed by atoms with van der Waals surface area (Å²) in [6, 6.07) is 20.6. The van der Waals surface area contributed by atoms with E-state index in [9.17, 15) is 5.11 Å². The summed E-state index contributed by atoms with van der Waals surface area (Å²) in [4.78, 5) is 4.97. The van der Waals surface area contributed by atoms with Crippen LogP contribution in [-0.4, -0.2) is 25.0 Å². The number of methoxy groups -OCH3 is 2. The molecule has 154 valence electrons. The van der Waals surface area contributed by atoms with E-state index in [0.29, 0.717) is 11.4 Å². The van der Waals surface area contributed by atoms with Crippen molar-refractivity contribution in [3.63, 3.8) is 0 Å². The number of hydrogen-bond acceptors (Lipinski definition) is 5. The van der Waals surface area contributed by atoms with Crippen LogP contribution in [0.25, 0.3) is 0 Å². The predicted octanol–water partition coefficient (Wildman–Crippen LogP) is 5.29. The van der Waals surface area contributed by atoms with Gasteiger partial charge in [0.05, 0.1) is 14.2 Å². The van der Waals surface area contributed by atoms with Crippen LogP contribution >= 0.6 is 11.6 Å². The Kier molecular flexibility index (Phi) is 5.93. The number of benzene rings is 3. The number of aliphatic imine (C=N–C) groups is 1. The van der Waals surface area contributed by atoms with Crippen molar-refractivity contribution in [2.75, 3.05) is 14.2 Å². The third-order valence-electron chi connectivity index (χ3n) is 5.26. The Morgan fingerprint density at radius 1 is 0.933 bits per heavy atom. The van der Waals surface area contributed by atoms with Gasteiger partial charge < -0.3 is 14.6 Å². The molecule has 0 amide bonds. The highest BCUT2D eigenvalue weighted by Gasteiger charge is 2.28. The molecule has 0 radical (unpaired) electrons. The van der Waals surface area contributed by atoms with Crippen LogP contribution in [0.4, 0.5) is 0 Å². The molecule has 2 atom stereocenters. The monoisotopic (exact) mass is 422 g/mol. The lowest BCUT2D eigenvalue weighted by atomic mass is 9.93. The number of aromatic hydroxyl groups is 1. The van der Waals surface area contributed by atoms with E-state index in [1.165, 1.54) is 0 Å². The van der Waals surface area contributed by atoms with Crippen molar-refractivity contribution >= 4 is 17.3 Å². The van der Waals surface area contributed by atoms with Gasteiger partial charge >= 0.3 is 0 Å². The third kappa shape index (κ3) is 4.27. The van der Waals surface area contributed by atoms with Crippen LogP contribution in [-0.2, 0) is 0 Å². The lowest BCUT2D eigenvalue weighted by Crippen LogP contribution is -2.33. The number of nitrogens with zero attached hydrogens (tertiary/aromatic N) is 1. The van der Waals surface area contributed by atoms with E-state index in [0.717, 1.165) is 33.9 Å². The largest absolute Gasteiger partial charge is 0.508 e. The number of phenols is 1. The van der Waals surface area contributed by atoms with Crippen LogP contribution in [0, 0.1) is 0 Å². The Morgan fingerprint density at radius 2 is 1.57 bits per heavy atom. The van der Waals surface area contributed by atoms with E-state index in [-0.39, 0.29) is 18.0 Å². The molecule has 0 spiro atoms. The van der Waals surface area contributed by atoms with Gasteiger partial charge in [0.2, 0.25) is 0 Å². The van der Waals surface area contributed by atoms with Crippen LogP contribution in [0.2, 0.25) is 5.02 Å². The normalized spacial score (nSPS) is 18.6. The second-order valence-corrected chi connectivity index (χ2v) is 7.54.